The summed E-state index contributed by atoms with van der Waals surface area (Å²) in [5.74, 6) is 1.05. The predicted molar refractivity (Wildman–Crippen MR) is 122 cm³/mol. The van der Waals surface area contributed by atoms with Crippen LogP contribution < -0.4 is 4.90 Å². The predicted octanol–water partition coefficient (Wildman–Crippen LogP) is 4.07. The topological polar surface area (TPSA) is 58.6 Å². The van der Waals surface area contributed by atoms with Gasteiger partial charge in [0.2, 0.25) is 11.0 Å². The molecular weight excluding hydrogens is 396 g/mol. The van der Waals surface area contributed by atoms with E-state index in [2.05, 4.69) is 47.4 Å². The molecule has 0 aliphatic carbocycles. The van der Waals surface area contributed by atoms with Crippen LogP contribution in [-0.2, 0) is 16.0 Å². The van der Waals surface area contributed by atoms with E-state index < -0.39 is 0 Å². The lowest BCUT2D eigenvalue weighted by Gasteiger charge is -2.35. The van der Waals surface area contributed by atoms with Crippen molar-refractivity contribution in [3.05, 3.63) is 41.2 Å². The minimum Gasteiger partial charge on any atom is -0.372 e. The molecule has 7 heteroatoms. The number of hydrogen-bond acceptors (Lipinski definition) is 6. The molecule has 1 fully saturated rings. The lowest BCUT2D eigenvalue weighted by atomic mass is 10.1. The van der Waals surface area contributed by atoms with Gasteiger partial charge in [0.05, 0.1) is 12.2 Å². The number of carbonyl (C=O) groups is 1. The molecule has 0 bridgehead atoms. The monoisotopic (exact) mass is 430 g/mol. The molecule has 1 amide bonds. The molecule has 6 nitrogen and oxygen atoms in total. The number of anilines is 1. The Bertz CT molecular complexity index is 798. The van der Waals surface area contributed by atoms with Crippen LogP contribution in [0.3, 0.4) is 0 Å². The standard InChI is InChI=1S/C23H34N4O2S/c1-5-6-12-26(13-11-22(28)27-15-18(3)29-19(4)16-27)23-24-21(25-30-23)14-20-9-7-17(2)8-10-20/h7-10,18-19H,5-6,11-16H2,1-4H3/t18-,19-/m1/s1. The third-order valence-electron chi connectivity index (χ3n) is 5.36. The summed E-state index contributed by atoms with van der Waals surface area (Å²) >= 11 is 1.44. The summed E-state index contributed by atoms with van der Waals surface area (Å²) < 4.78 is 10.3. The molecule has 0 N–H and O–H groups in total. The Kier molecular flexibility index (Phi) is 8.22. The Labute approximate surface area is 184 Å². The van der Waals surface area contributed by atoms with Crippen molar-refractivity contribution in [2.75, 3.05) is 31.1 Å². The minimum absolute atomic E-state index is 0.0985. The SMILES string of the molecule is CCCCN(CCC(=O)N1C[C@@H](C)O[C@H](C)C1)c1nc(Cc2ccc(C)cc2)ns1. The Balaban J connectivity index is 1.60. The molecule has 0 saturated carbocycles. The van der Waals surface area contributed by atoms with Gasteiger partial charge in [0, 0.05) is 50.6 Å². The van der Waals surface area contributed by atoms with E-state index in [-0.39, 0.29) is 18.1 Å². The fraction of sp³-hybridized carbons (Fsp3) is 0.609. The summed E-state index contributed by atoms with van der Waals surface area (Å²) in [5, 5.41) is 0.919. The second-order valence-electron chi connectivity index (χ2n) is 8.30. The summed E-state index contributed by atoms with van der Waals surface area (Å²) in [6.45, 7) is 11.3. The van der Waals surface area contributed by atoms with E-state index in [9.17, 15) is 4.79 Å². The van der Waals surface area contributed by atoms with Crippen molar-refractivity contribution in [2.24, 2.45) is 0 Å². The molecule has 1 aromatic heterocycles. The third kappa shape index (κ3) is 6.51. The molecular formula is C23H34N4O2S. The quantitative estimate of drug-likeness (QED) is 0.600. The number of aryl methyl sites for hydroxylation is 1. The number of amides is 1. The highest BCUT2D eigenvalue weighted by atomic mass is 32.1. The molecule has 0 unspecified atom stereocenters. The van der Waals surface area contributed by atoms with E-state index in [1.807, 2.05) is 18.7 Å². The van der Waals surface area contributed by atoms with Crippen LogP contribution in [0.15, 0.2) is 24.3 Å². The van der Waals surface area contributed by atoms with Gasteiger partial charge in [-0.2, -0.15) is 4.37 Å². The smallest absolute Gasteiger partial charge is 0.224 e. The van der Waals surface area contributed by atoms with E-state index in [0.717, 1.165) is 36.8 Å². The lowest BCUT2D eigenvalue weighted by molar-refractivity contribution is -0.142. The van der Waals surface area contributed by atoms with Crippen LogP contribution in [0, 0.1) is 6.92 Å². The normalized spacial score (nSPS) is 19.1. The number of hydrogen-bond donors (Lipinski definition) is 0. The van der Waals surface area contributed by atoms with Gasteiger partial charge < -0.3 is 14.5 Å². The summed E-state index contributed by atoms with van der Waals surface area (Å²) in [4.78, 5) is 21.7. The maximum atomic E-state index is 12.8. The van der Waals surface area contributed by atoms with E-state index in [0.29, 0.717) is 26.1 Å². The Hall–Kier alpha value is -1.99. The second-order valence-corrected chi connectivity index (χ2v) is 9.03. The number of nitrogens with zero attached hydrogens (tertiary/aromatic N) is 4. The van der Waals surface area contributed by atoms with Crippen molar-refractivity contribution in [2.45, 2.75) is 65.6 Å². The Morgan fingerprint density at radius 2 is 1.90 bits per heavy atom. The number of unbranched alkanes of at least 4 members (excludes halogenated alkanes) is 1. The number of benzene rings is 1. The fourth-order valence-corrected chi connectivity index (χ4v) is 4.49. The van der Waals surface area contributed by atoms with Crippen molar-refractivity contribution < 1.29 is 9.53 Å². The molecule has 164 valence electrons. The molecule has 1 saturated heterocycles. The first-order chi connectivity index (χ1) is 14.4. The minimum atomic E-state index is 0.0985. The average Bonchev–Trinajstić information content (AvgIpc) is 3.17. The van der Waals surface area contributed by atoms with Gasteiger partial charge in [-0.05, 0) is 32.8 Å². The van der Waals surface area contributed by atoms with Crippen LogP contribution >= 0.6 is 11.5 Å². The summed E-state index contributed by atoms with van der Waals surface area (Å²) in [7, 11) is 0. The van der Waals surface area contributed by atoms with Crippen molar-refractivity contribution in [1.29, 1.82) is 0 Å². The number of ether oxygens (including phenoxy) is 1. The molecule has 0 radical (unpaired) electrons. The molecule has 1 aliphatic rings. The van der Waals surface area contributed by atoms with E-state index in [1.165, 1.54) is 22.7 Å². The van der Waals surface area contributed by atoms with Crippen LogP contribution in [0.2, 0.25) is 0 Å². The highest BCUT2D eigenvalue weighted by Gasteiger charge is 2.26. The second kappa shape index (κ2) is 10.9. The van der Waals surface area contributed by atoms with Gasteiger partial charge in [-0.1, -0.05) is 43.2 Å². The first kappa shape index (κ1) is 22.7. The molecule has 2 heterocycles. The van der Waals surface area contributed by atoms with Gasteiger partial charge >= 0.3 is 0 Å². The van der Waals surface area contributed by atoms with Crippen molar-refractivity contribution in [3.63, 3.8) is 0 Å². The van der Waals surface area contributed by atoms with Gasteiger partial charge in [0.15, 0.2) is 0 Å². The fourth-order valence-electron chi connectivity index (χ4n) is 3.76. The first-order valence-corrected chi connectivity index (χ1v) is 11.8. The molecule has 1 aromatic carbocycles. The van der Waals surface area contributed by atoms with Crippen LogP contribution in [0.5, 0.6) is 0 Å². The number of aromatic nitrogens is 2. The first-order valence-electron chi connectivity index (χ1n) is 11.0. The number of morpholine rings is 1. The molecule has 0 spiro atoms. The summed E-state index contributed by atoms with van der Waals surface area (Å²) in [5.41, 5.74) is 2.47. The Morgan fingerprint density at radius 1 is 1.20 bits per heavy atom. The van der Waals surface area contributed by atoms with Gasteiger partial charge in [-0.25, -0.2) is 4.98 Å². The zero-order chi connectivity index (χ0) is 21.5. The van der Waals surface area contributed by atoms with Crippen molar-refractivity contribution >= 4 is 22.6 Å². The van der Waals surface area contributed by atoms with Crippen LogP contribution in [0.1, 0.15) is 57.0 Å². The molecule has 30 heavy (non-hydrogen) atoms. The lowest BCUT2D eigenvalue weighted by Crippen LogP contribution is -2.48. The van der Waals surface area contributed by atoms with Crippen molar-refractivity contribution in [1.82, 2.24) is 14.3 Å². The molecule has 2 aromatic rings. The average molecular weight is 431 g/mol. The zero-order valence-corrected chi connectivity index (χ0v) is 19.5. The van der Waals surface area contributed by atoms with E-state index in [4.69, 9.17) is 9.72 Å². The molecule has 1 aliphatic heterocycles. The summed E-state index contributed by atoms with van der Waals surface area (Å²) in [6.07, 6.45) is 3.62. The largest absolute Gasteiger partial charge is 0.372 e. The zero-order valence-electron chi connectivity index (χ0n) is 18.6. The van der Waals surface area contributed by atoms with Crippen LogP contribution in [0.4, 0.5) is 5.13 Å². The maximum absolute atomic E-state index is 12.8. The number of carbonyl (C=O) groups excluding carboxylic acids is 1. The van der Waals surface area contributed by atoms with Gasteiger partial charge in [-0.15, -0.1) is 0 Å². The highest BCUT2D eigenvalue weighted by molar-refractivity contribution is 7.09. The van der Waals surface area contributed by atoms with E-state index in [1.54, 1.807) is 0 Å². The Morgan fingerprint density at radius 3 is 2.57 bits per heavy atom. The van der Waals surface area contributed by atoms with E-state index >= 15 is 0 Å². The van der Waals surface area contributed by atoms with Gasteiger partial charge in [-0.3, -0.25) is 4.79 Å². The van der Waals surface area contributed by atoms with Gasteiger partial charge in [0.25, 0.3) is 0 Å². The number of rotatable bonds is 9. The molecule has 3 rings (SSSR count). The molecule has 2 atom stereocenters. The van der Waals surface area contributed by atoms with Gasteiger partial charge in [0.1, 0.15) is 5.82 Å². The maximum Gasteiger partial charge on any atom is 0.224 e. The van der Waals surface area contributed by atoms with Crippen LogP contribution in [0.25, 0.3) is 0 Å². The summed E-state index contributed by atoms with van der Waals surface area (Å²) in [6, 6.07) is 8.51. The van der Waals surface area contributed by atoms with Crippen LogP contribution in [-0.4, -0.2) is 58.6 Å². The third-order valence-corrected chi connectivity index (χ3v) is 6.18. The highest BCUT2D eigenvalue weighted by Crippen LogP contribution is 2.21. The van der Waals surface area contributed by atoms with Crippen molar-refractivity contribution in [3.8, 4) is 0 Å².